The van der Waals surface area contributed by atoms with Gasteiger partial charge in [0.05, 0.1) is 11.4 Å². The molecule has 0 atom stereocenters. The van der Waals surface area contributed by atoms with Crippen LogP contribution in [0.25, 0.3) is 0 Å². The van der Waals surface area contributed by atoms with E-state index in [0.29, 0.717) is 17.9 Å². The first kappa shape index (κ1) is 13.1. The summed E-state index contributed by atoms with van der Waals surface area (Å²) in [6.45, 7) is 5.29. The van der Waals surface area contributed by atoms with E-state index in [-0.39, 0.29) is 5.84 Å². The van der Waals surface area contributed by atoms with Gasteiger partial charge in [0.1, 0.15) is 18.2 Å². The fourth-order valence-electron chi connectivity index (χ4n) is 1.90. The number of nitrogens with two attached hydrogens (primary N) is 1. The Labute approximate surface area is 112 Å². The molecule has 0 bridgehead atoms. The molecule has 19 heavy (non-hydrogen) atoms. The molecule has 2 aromatic rings. The third kappa shape index (κ3) is 3.13. The first-order valence-corrected chi connectivity index (χ1v) is 6.20. The maximum atomic E-state index is 7.40. The average molecular weight is 258 g/mol. The number of aromatic nitrogens is 2. The van der Waals surface area contributed by atoms with Crippen molar-refractivity contribution in [2.75, 3.05) is 0 Å². The number of hydrogen-bond donors (Lipinski definition) is 2. The number of rotatable bonds is 5. The minimum Gasteiger partial charge on any atom is -0.487 e. The summed E-state index contributed by atoms with van der Waals surface area (Å²) in [6, 6.07) is 9.25. The van der Waals surface area contributed by atoms with Crippen LogP contribution >= 0.6 is 0 Å². The van der Waals surface area contributed by atoms with Crippen LogP contribution in [0.1, 0.15) is 23.9 Å². The second-order valence-electron chi connectivity index (χ2n) is 4.32. The Balaban J connectivity index is 2.09. The van der Waals surface area contributed by atoms with Crippen molar-refractivity contribution in [1.82, 2.24) is 9.78 Å². The fourth-order valence-corrected chi connectivity index (χ4v) is 1.90. The zero-order valence-corrected chi connectivity index (χ0v) is 11.2. The van der Waals surface area contributed by atoms with Crippen molar-refractivity contribution in [2.45, 2.75) is 27.0 Å². The zero-order valence-electron chi connectivity index (χ0n) is 11.2. The first-order valence-electron chi connectivity index (χ1n) is 6.20. The number of aryl methyl sites for hydroxylation is 2. The molecule has 1 aromatic carbocycles. The molecule has 3 N–H and O–H groups in total. The summed E-state index contributed by atoms with van der Waals surface area (Å²) in [5.74, 6) is 0.745. The number of nitrogen functional groups attached to an aromatic ring is 1. The van der Waals surface area contributed by atoms with E-state index >= 15 is 0 Å². The van der Waals surface area contributed by atoms with Crippen LogP contribution in [0.2, 0.25) is 0 Å². The molecular weight excluding hydrogens is 240 g/mol. The quantitative estimate of drug-likeness (QED) is 0.636. The van der Waals surface area contributed by atoms with Gasteiger partial charge in [-0.2, -0.15) is 5.10 Å². The van der Waals surface area contributed by atoms with Gasteiger partial charge in [-0.3, -0.25) is 10.1 Å². The molecule has 0 aliphatic carbocycles. The largest absolute Gasteiger partial charge is 0.487 e. The van der Waals surface area contributed by atoms with Gasteiger partial charge < -0.3 is 10.5 Å². The predicted molar refractivity (Wildman–Crippen MR) is 74.4 cm³/mol. The number of nitrogens with zero attached hydrogens (tertiary/aromatic N) is 2. The van der Waals surface area contributed by atoms with Gasteiger partial charge in [-0.05, 0) is 32.0 Å². The van der Waals surface area contributed by atoms with Crippen LogP contribution in [0, 0.1) is 12.3 Å². The first-order chi connectivity index (χ1) is 9.10. The fraction of sp³-hybridized carbons (Fsp3) is 0.286. The minimum absolute atomic E-state index is 0.0416. The normalized spacial score (nSPS) is 10.4. The number of nitrogens with one attached hydrogen (secondary N) is 1. The molecule has 2 rings (SSSR count). The van der Waals surface area contributed by atoms with Crippen molar-refractivity contribution in [3.8, 4) is 5.75 Å². The molecule has 0 aliphatic heterocycles. The van der Waals surface area contributed by atoms with Crippen LogP contribution in [0.3, 0.4) is 0 Å². The van der Waals surface area contributed by atoms with Crippen molar-refractivity contribution in [3.05, 3.63) is 47.3 Å². The summed E-state index contributed by atoms with van der Waals surface area (Å²) in [6.07, 6.45) is 0. The molecule has 0 radical (unpaired) electrons. The maximum Gasteiger partial charge on any atom is 0.130 e. The van der Waals surface area contributed by atoms with Crippen molar-refractivity contribution in [1.29, 1.82) is 5.41 Å². The molecule has 0 aliphatic rings. The minimum atomic E-state index is 0.0416. The molecule has 100 valence electrons. The Bertz CT molecular complexity index is 589. The second-order valence-corrected chi connectivity index (χ2v) is 4.32. The lowest BCUT2D eigenvalue weighted by atomic mass is 10.2. The van der Waals surface area contributed by atoms with Gasteiger partial charge in [0.2, 0.25) is 0 Å². The van der Waals surface area contributed by atoms with Crippen molar-refractivity contribution in [2.24, 2.45) is 5.73 Å². The van der Waals surface area contributed by atoms with Crippen molar-refractivity contribution in [3.63, 3.8) is 0 Å². The molecule has 0 saturated heterocycles. The van der Waals surface area contributed by atoms with Gasteiger partial charge in [0, 0.05) is 12.1 Å². The third-order valence-corrected chi connectivity index (χ3v) is 2.82. The summed E-state index contributed by atoms with van der Waals surface area (Å²) in [7, 11) is 0. The Morgan fingerprint density at radius 2 is 2.21 bits per heavy atom. The Morgan fingerprint density at radius 1 is 1.42 bits per heavy atom. The van der Waals surface area contributed by atoms with E-state index in [2.05, 4.69) is 5.10 Å². The molecule has 5 heteroatoms. The second kappa shape index (κ2) is 5.56. The standard InChI is InChI=1S/C14H18N4O/c1-3-18-12(7-10(2)17-18)9-19-13-6-4-5-11(8-13)14(15)16/h4-8H,3,9H2,1-2H3,(H3,15,16). The smallest absolute Gasteiger partial charge is 0.130 e. The van der Waals surface area contributed by atoms with Crippen LogP contribution in [0.15, 0.2) is 30.3 Å². The molecule has 0 unspecified atom stereocenters. The van der Waals surface area contributed by atoms with E-state index in [1.165, 1.54) is 0 Å². The van der Waals surface area contributed by atoms with Gasteiger partial charge in [-0.15, -0.1) is 0 Å². The van der Waals surface area contributed by atoms with E-state index < -0.39 is 0 Å². The molecule has 0 spiro atoms. The molecule has 0 fully saturated rings. The van der Waals surface area contributed by atoms with Gasteiger partial charge >= 0.3 is 0 Å². The van der Waals surface area contributed by atoms with Crippen LogP contribution in [-0.4, -0.2) is 15.6 Å². The van der Waals surface area contributed by atoms with E-state index in [4.69, 9.17) is 15.9 Å². The number of hydrogen-bond acceptors (Lipinski definition) is 3. The lowest BCUT2D eigenvalue weighted by Gasteiger charge is -2.08. The van der Waals surface area contributed by atoms with E-state index in [1.807, 2.05) is 36.7 Å². The average Bonchev–Trinajstić information content (AvgIpc) is 2.77. The SMILES string of the molecule is CCn1nc(C)cc1COc1cccc(C(=N)N)c1. The van der Waals surface area contributed by atoms with Gasteiger partial charge in [0.25, 0.3) is 0 Å². The zero-order chi connectivity index (χ0) is 13.8. The van der Waals surface area contributed by atoms with Crippen LogP contribution < -0.4 is 10.5 Å². The Kier molecular flexibility index (Phi) is 3.85. The highest BCUT2D eigenvalue weighted by Gasteiger charge is 2.05. The Hall–Kier alpha value is -2.30. The molecule has 0 saturated carbocycles. The summed E-state index contributed by atoms with van der Waals surface area (Å²) in [5, 5.41) is 11.8. The van der Waals surface area contributed by atoms with E-state index in [9.17, 15) is 0 Å². The lowest BCUT2D eigenvalue weighted by molar-refractivity contribution is 0.292. The monoisotopic (exact) mass is 258 g/mol. The maximum absolute atomic E-state index is 7.40. The van der Waals surface area contributed by atoms with E-state index in [0.717, 1.165) is 17.9 Å². The highest BCUT2D eigenvalue weighted by atomic mass is 16.5. The predicted octanol–water partition coefficient (Wildman–Crippen LogP) is 2.07. The van der Waals surface area contributed by atoms with Crippen LogP contribution in [0.5, 0.6) is 5.75 Å². The highest BCUT2D eigenvalue weighted by molar-refractivity contribution is 5.95. The van der Waals surface area contributed by atoms with Crippen LogP contribution in [0.4, 0.5) is 0 Å². The number of ether oxygens (including phenoxy) is 1. The van der Waals surface area contributed by atoms with Crippen LogP contribution in [-0.2, 0) is 13.2 Å². The molecular formula is C14H18N4O. The Morgan fingerprint density at radius 3 is 2.89 bits per heavy atom. The van der Waals surface area contributed by atoms with Crippen molar-refractivity contribution >= 4 is 5.84 Å². The van der Waals surface area contributed by atoms with Gasteiger partial charge in [-0.25, -0.2) is 0 Å². The lowest BCUT2D eigenvalue weighted by Crippen LogP contribution is -2.11. The summed E-state index contributed by atoms with van der Waals surface area (Å²) in [4.78, 5) is 0. The summed E-state index contributed by atoms with van der Waals surface area (Å²) in [5.41, 5.74) is 8.14. The summed E-state index contributed by atoms with van der Waals surface area (Å²) >= 11 is 0. The number of benzene rings is 1. The molecule has 5 nitrogen and oxygen atoms in total. The van der Waals surface area contributed by atoms with Crippen molar-refractivity contribution < 1.29 is 4.74 Å². The number of amidine groups is 1. The summed E-state index contributed by atoms with van der Waals surface area (Å²) < 4.78 is 7.65. The molecule has 0 amide bonds. The molecule has 1 heterocycles. The van der Waals surface area contributed by atoms with Gasteiger partial charge in [0.15, 0.2) is 0 Å². The topological polar surface area (TPSA) is 76.9 Å². The van der Waals surface area contributed by atoms with Gasteiger partial charge in [-0.1, -0.05) is 12.1 Å². The third-order valence-electron chi connectivity index (χ3n) is 2.82. The van der Waals surface area contributed by atoms with E-state index in [1.54, 1.807) is 12.1 Å². The molecule has 1 aromatic heterocycles. The highest BCUT2D eigenvalue weighted by Crippen LogP contribution is 2.15.